The SMILES string of the molecule is CCC.Cc1ccc(C)cc1.Cc1ccc(Cc2ccc(C)cc2)cc1.Cc1ccc(Oc2ccc(C)cc2)cc1.Cc1cccc(C)c1.Cc1cccc(C)c1C. The van der Waals surface area contributed by atoms with Crippen molar-refractivity contribution in [2.75, 3.05) is 0 Å². The summed E-state index contributed by atoms with van der Waals surface area (Å²) < 4.78 is 5.69. The maximum Gasteiger partial charge on any atom is 0.127 e. The Morgan fingerprint density at radius 2 is 0.569 bits per heavy atom. The molecule has 0 spiro atoms. The second-order valence-corrected chi connectivity index (χ2v) is 15.4. The fourth-order valence-corrected chi connectivity index (χ4v) is 5.34. The summed E-state index contributed by atoms with van der Waals surface area (Å²) in [4.78, 5) is 0. The van der Waals surface area contributed by atoms with E-state index in [1.165, 1.54) is 78.7 Å². The van der Waals surface area contributed by atoms with Gasteiger partial charge in [0.15, 0.2) is 0 Å². The van der Waals surface area contributed by atoms with Gasteiger partial charge in [-0.05, 0) is 135 Å². The first-order chi connectivity index (χ1) is 27.7. The van der Waals surface area contributed by atoms with Crippen molar-refractivity contribution in [1.29, 1.82) is 0 Å². The van der Waals surface area contributed by atoms with Crippen molar-refractivity contribution >= 4 is 0 Å². The van der Waals surface area contributed by atoms with Crippen LogP contribution in [0.3, 0.4) is 0 Å². The first kappa shape index (κ1) is 48.5. The Morgan fingerprint density at radius 1 is 0.310 bits per heavy atom. The Kier molecular flexibility index (Phi) is 22.6. The predicted octanol–water partition coefficient (Wildman–Crippen LogP) is 16.6. The smallest absolute Gasteiger partial charge is 0.127 e. The van der Waals surface area contributed by atoms with Crippen LogP contribution in [0.5, 0.6) is 11.5 Å². The summed E-state index contributed by atoms with van der Waals surface area (Å²) in [6, 6.07) is 56.9. The molecule has 58 heavy (non-hydrogen) atoms. The van der Waals surface area contributed by atoms with Gasteiger partial charge in [0.25, 0.3) is 0 Å². The highest BCUT2D eigenvalue weighted by molar-refractivity contribution is 5.35. The molecule has 0 bridgehead atoms. The average molecular weight is 771 g/mol. The van der Waals surface area contributed by atoms with Gasteiger partial charge in [0.1, 0.15) is 11.5 Å². The molecular formula is C57H70O. The molecule has 0 radical (unpaired) electrons. The third kappa shape index (κ3) is 21.0. The Bertz CT molecular complexity index is 1880. The molecule has 1 heteroatoms. The highest BCUT2D eigenvalue weighted by Gasteiger charge is 1.97. The van der Waals surface area contributed by atoms with Gasteiger partial charge >= 0.3 is 0 Å². The summed E-state index contributed by atoms with van der Waals surface area (Å²) in [6.45, 7) is 27.5. The van der Waals surface area contributed by atoms with Gasteiger partial charge in [0, 0.05) is 0 Å². The molecule has 0 fully saturated rings. The van der Waals surface area contributed by atoms with Crippen molar-refractivity contribution in [3.8, 4) is 11.5 Å². The van der Waals surface area contributed by atoms with E-state index in [1.807, 2.05) is 48.5 Å². The summed E-state index contributed by atoms with van der Waals surface area (Å²) >= 11 is 0. The Hall–Kier alpha value is -5.66. The van der Waals surface area contributed by atoms with E-state index in [0.717, 1.165) is 17.9 Å². The molecule has 0 aliphatic rings. The molecule has 0 amide bonds. The fraction of sp³-hybridized carbons (Fsp3) is 0.263. The number of benzene rings is 7. The molecule has 0 aliphatic carbocycles. The van der Waals surface area contributed by atoms with Gasteiger partial charge in [-0.15, -0.1) is 0 Å². The van der Waals surface area contributed by atoms with Gasteiger partial charge in [-0.25, -0.2) is 0 Å². The van der Waals surface area contributed by atoms with Crippen molar-refractivity contribution in [1.82, 2.24) is 0 Å². The minimum atomic E-state index is 0.879. The second-order valence-electron chi connectivity index (χ2n) is 15.4. The monoisotopic (exact) mass is 771 g/mol. The van der Waals surface area contributed by atoms with Crippen LogP contribution < -0.4 is 4.74 Å². The molecule has 0 aromatic heterocycles. The third-order valence-electron chi connectivity index (χ3n) is 9.19. The van der Waals surface area contributed by atoms with E-state index >= 15 is 0 Å². The van der Waals surface area contributed by atoms with Gasteiger partial charge < -0.3 is 4.74 Å². The third-order valence-corrected chi connectivity index (χ3v) is 9.19. The fourth-order valence-electron chi connectivity index (χ4n) is 5.34. The number of ether oxygens (including phenoxy) is 1. The van der Waals surface area contributed by atoms with E-state index in [1.54, 1.807) is 0 Å². The van der Waals surface area contributed by atoms with Crippen LogP contribution in [0.4, 0.5) is 0 Å². The van der Waals surface area contributed by atoms with Crippen molar-refractivity contribution in [3.05, 3.63) is 236 Å². The Balaban J connectivity index is 0.000000253. The van der Waals surface area contributed by atoms with Crippen LogP contribution in [0.2, 0.25) is 0 Å². The largest absolute Gasteiger partial charge is 0.457 e. The quantitative estimate of drug-likeness (QED) is 0.173. The summed E-state index contributed by atoms with van der Waals surface area (Å²) in [6.07, 6.45) is 2.28. The van der Waals surface area contributed by atoms with Crippen molar-refractivity contribution < 1.29 is 4.74 Å². The number of hydrogen-bond acceptors (Lipinski definition) is 1. The van der Waals surface area contributed by atoms with Gasteiger partial charge in [-0.1, -0.05) is 204 Å². The second kappa shape index (κ2) is 27.1. The van der Waals surface area contributed by atoms with Crippen molar-refractivity contribution in [3.63, 3.8) is 0 Å². The molecular weight excluding hydrogens is 701 g/mol. The van der Waals surface area contributed by atoms with Gasteiger partial charge in [-0.2, -0.15) is 0 Å². The van der Waals surface area contributed by atoms with E-state index < -0.39 is 0 Å². The molecule has 0 N–H and O–H groups in total. The van der Waals surface area contributed by atoms with E-state index in [0.29, 0.717) is 0 Å². The van der Waals surface area contributed by atoms with Gasteiger partial charge in [-0.3, -0.25) is 0 Å². The van der Waals surface area contributed by atoms with Crippen LogP contribution in [0, 0.1) is 76.2 Å². The first-order valence-electron chi connectivity index (χ1n) is 20.7. The zero-order chi connectivity index (χ0) is 42.9. The van der Waals surface area contributed by atoms with Crippen LogP contribution in [-0.2, 0) is 6.42 Å². The van der Waals surface area contributed by atoms with Crippen LogP contribution in [0.15, 0.2) is 164 Å². The highest BCUT2D eigenvalue weighted by Crippen LogP contribution is 2.21. The Morgan fingerprint density at radius 3 is 0.828 bits per heavy atom. The molecule has 0 aliphatic heterocycles. The van der Waals surface area contributed by atoms with E-state index in [-0.39, 0.29) is 0 Å². The van der Waals surface area contributed by atoms with E-state index in [4.69, 9.17) is 4.74 Å². The molecule has 0 saturated carbocycles. The molecule has 7 aromatic carbocycles. The molecule has 0 heterocycles. The zero-order valence-corrected chi connectivity index (χ0v) is 37.9. The van der Waals surface area contributed by atoms with Crippen LogP contribution in [0.25, 0.3) is 0 Å². The maximum absolute atomic E-state index is 5.69. The first-order valence-corrected chi connectivity index (χ1v) is 20.7. The molecule has 0 atom stereocenters. The van der Waals surface area contributed by atoms with E-state index in [2.05, 4.69) is 205 Å². The summed E-state index contributed by atoms with van der Waals surface area (Å²) in [7, 11) is 0. The lowest BCUT2D eigenvalue weighted by Crippen LogP contribution is -1.88. The molecule has 304 valence electrons. The standard InChI is InChI=1S/C15H16.C14H14O.C9H12.2C8H10.C3H8/c1-12-3-7-14(8-4-12)11-15-9-5-13(2)6-10-15;1-11-3-7-13(8-4-11)15-14-9-5-12(2)6-10-14;1-7-5-4-6-8(2)9(7)3;1-7-3-5-8(2)6-4-7;1-7-4-3-5-8(2)6-7;1-3-2/h3-10H,11H2,1-2H3;3-10H,1-2H3;4-6H,1-3H3;2*3-6H,1-2H3;3H2,1-2H3. The topological polar surface area (TPSA) is 9.23 Å². The highest BCUT2D eigenvalue weighted by atomic mass is 16.5. The van der Waals surface area contributed by atoms with Crippen LogP contribution in [-0.4, -0.2) is 0 Å². The average Bonchev–Trinajstić information content (AvgIpc) is 3.20. The molecule has 0 saturated heterocycles. The lowest BCUT2D eigenvalue weighted by molar-refractivity contribution is 0.482. The lowest BCUT2D eigenvalue weighted by atomic mass is 10.0. The number of aryl methyl sites for hydroxylation is 10. The molecule has 0 unspecified atom stereocenters. The summed E-state index contributed by atoms with van der Waals surface area (Å²) in [5.41, 5.74) is 17.4. The summed E-state index contributed by atoms with van der Waals surface area (Å²) in [5.74, 6) is 1.76. The summed E-state index contributed by atoms with van der Waals surface area (Å²) in [5, 5.41) is 0. The molecule has 7 aromatic rings. The zero-order valence-electron chi connectivity index (χ0n) is 37.9. The minimum absolute atomic E-state index is 0.879. The molecule has 7 rings (SSSR count). The predicted molar refractivity (Wildman–Crippen MR) is 256 cm³/mol. The van der Waals surface area contributed by atoms with Gasteiger partial charge in [0.05, 0.1) is 0 Å². The van der Waals surface area contributed by atoms with E-state index in [9.17, 15) is 0 Å². The molecule has 1 nitrogen and oxygen atoms in total. The Labute approximate surface area is 353 Å². The minimum Gasteiger partial charge on any atom is -0.457 e. The van der Waals surface area contributed by atoms with Crippen LogP contribution >= 0.6 is 0 Å². The van der Waals surface area contributed by atoms with Gasteiger partial charge in [0.2, 0.25) is 0 Å². The van der Waals surface area contributed by atoms with Crippen molar-refractivity contribution in [2.45, 2.75) is 103 Å². The normalized spacial score (nSPS) is 9.60. The number of hydrogen-bond donors (Lipinski definition) is 0. The van der Waals surface area contributed by atoms with Crippen LogP contribution in [0.1, 0.15) is 92.6 Å². The van der Waals surface area contributed by atoms with Crippen molar-refractivity contribution in [2.24, 2.45) is 0 Å². The maximum atomic E-state index is 5.69. The number of rotatable bonds is 4. The lowest BCUT2D eigenvalue weighted by Gasteiger charge is -2.05.